The predicted octanol–water partition coefficient (Wildman–Crippen LogP) is 5.48. The highest BCUT2D eigenvalue weighted by Crippen LogP contribution is 2.37. The zero-order valence-corrected chi connectivity index (χ0v) is 24.7. The highest BCUT2D eigenvalue weighted by Gasteiger charge is 2.23. The molecule has 1 unspecified atom stereocenters. The number of ether oxygens (including phenoxy) is 2. The number of pyridine rings is 1. The summed E-state index contributed by atoms with van der Waals surface area (Å²) in [6, 6.07) is 11.8. The molecule has 3 heterocycles. The molecule has 222 valence electrons. The van der Waals surface area contributed by atoms with Gasteiger partial charge in [0.1, 0.15) is 23.5 Å². The number of nitrogens with two attached hydrogens (primary N) is 1. The van der Waals surface area contributed by atoms with E-state index in [-0.39, 0.29) is 29.5 Å². The van der Waals surface area contributed by atoms with E-state index in [9.17, 15) is 4.39 Å². The van der Waals surface area contributed by atoms with Crippen LogP contribution in [0.2, 0.25) is 0 Å². The van der Waals surface area contributed by atoms with Crippen molar-refractivity contribution in [2.75, 3.05) is 43.1 Å². The number of halogens is 1. The van der Waals surface area contributed by atoms with Crippen molar-refractivity contribution >= 4 is 35.7 Å². The maximum absolute atomic E-state index is 13.4. The Bertz CT molecular complexity index is 1510. The van der Waals surface area contributed by atoms with E-state index in [2.05, 4.69) is 32.9 Å². The van der Waals surface area contributed by atoms with Crippen LogP contribution in [0.25, 0.3) is 11.1 Å². The topological polar surface area (TPSA) is 143 Å². The largest absolute Gasteiger partial charge is 0.484 e. The van der Waals surface area contributed by atoms with Crippen LogP contribution in [-0.4, -0.2) is 53.0 Å². The Hall–Kier alpha value is -4.13. The smallest absolute Gasteiger partial charge is 0.144 e. The second kappa shape index (κ2) is 14.2. The number of hydrogen-bond donors (Lipinski definition) is 6. The molecule has 1 aliphatic heterocycles. The van der Waals surface area contributed by atoms with E-state index in [0.717, 1.165) is 49.9 Å². The van der Waals surface area contributed by atoms with Crippen LogP contribution in [0.15, 0.2) is 61.1 Å². The number of hydrogen-bond acceptors (Lipinski definition) is 10. The predicted molar refractivity (Wildman–Crippen MR) is 167 cm³/mol. The Morgan fingerprint density at radius 2 is 1.90 bits per heavy atom. The van der Waals surface area contributed by atoms with Gasteiger partial charge in [-0.1, -0.05) is 31.0 Å². The molecule has 10 nitrogen and oxygen atoms in total. The van der Waals surface area contributed by atoms with Crippen molar-refractivity contribution in [1.29, 1.82) is 5.41 Å². The average molecular weight is 594 g/mol. The molecule has 2 aromatic carbocycles. The van der Waals surface area contributed by atoms with Crippen LogP contribution in [0.4, 0.5) is 21.6 Å². The summed E-state index contributed by atoms with van der Waals surface area (Å²) in [6.45, 7) is 3.32. The summed E-state index contributed by atoms with van der Waals surface area (Å²) in [5, 5.41) is 24.0. The third-order valence-corrected chi connectivity index (χ3v) is 7.36. The molecule has 1 fully saturated rings. The summed E-state index contributed by atoms with van der Waals surface area (Å²) in [7, 11) is 2.80. The molecular formula is C30H36FN7O3S. The molecule has 0 amide bonds. The molecular weight excluding hydrogens is 557 g/mol. The van der Waals surface area contributed by atoms with E-state index >= 15 is 0 Å². The molecule has 1 saturated heterocycles. The van der Waals surface area contributed by atoms with Gasteiger partial charge in [0.25, 0.3) is 0 Å². The first kappa shape index (κ1) is 30.8. The molecule has 0 radical (unpaired) electrons. The first-order valence-electron chi connectivity index (χ1n) is 13.5. The molecule has 0 bridgehead atoms. The van der Waals surface area contributed by atoms with Gasteiger partial charge in [0, 0.05) is 56.5 Å². The number of aliphatic hydroxyl groups is 1. The van der Waals surface area contributed by atoms with Crippen LogP contribution in [0.3, 0.4) is 0 Å². The molecule has 6 N–H and O–H groups in total. The van der Waals surface area contributed by atoms with E-state index in [1.54, 1.807) is 43.6 Å². The van der Waals surface area contributed by atoms with Crippen LogP contribution in [-0.2, 0) is 4.74 Å². The molecule has 1 atom stereocenters. The zero-order chi connectivity index (χ0) is 30.2. The van der Waals surface area contributed by atoms with Crippen molar-refractivity contribution in [3.8, 4) is 16.9 Å². The second-order valence-electron chi connectivity index (χ2n) is 9.62. The van der Waals surface area contributed by atoms with Gasteiger partial charge in [-0.05, 0) is 49.6 Å². The molecule has 0 saturated carbocycles. The third kappa shape index (κ3) is 6.67. The summed E-state index contributed by atoms with van der Waals surface area (Å²) in [4.78, 5) is 4.44. The van der Waals surface area contributed by atoms with Crippen LogP contribution in [0.1, 0.15) is 48.6 Å². The lowest BCUT2D eigenvalue weighted by atomic mass is 9.97. The van der Waals surface area contributed by atoms with Crippen molar-refractivity contribution in [1.82, 2.24) is 14.8 Å². The van der Waals surface area contributed by atoms with Crippen LogP contribution in [0, 0.1) is 11.2 Å². The fourth-order valence-corrected chi connectivity index (χ4v) is 5.07. The SMILES string of the molecule is CNc1c(-c2cnn(C3CCOCC3)c2)cnc(N)c1C(=N)c1ccc(NS)c(OC(C)c2ccc(F)cc2)c1.CO. The van der Waals surface area contributed by atoms with Crippen LogP contribution in [0.5, 0.6) is 5.75 Å². The third-order valence-electron chi connectivity index (χ3n) is 7.12. The van der Waals surface area contributed by atoms with Gasteiger partial charge in [0.15, 0.2) is 0 Å². The van der Waals surface area contributed by atoms with E-state index < -0.39 is 0 Å². The molecule has 0 spiro atoms. The lowest BCUT2D eigenvalue weighted by molar-refractivity contribution is 0.0662. The quantitative estimate of drug-likeness (QED) is 0.111. The Kier molecular flexibility index (Phi) is 10.4. The fraction of sp³-hybridized carbons (Fsp3) is 0.300. The standard InChI is InChI=1S/C29H32FN7O2S.CH4O/c1-17(18-3-6-21(30)7-4-18)39-25-13-19(5-8-24(25)36-40)27(31)26-28(33-2)23(15-34-29(26)32)20-14-35-37(16-20)22-9-11-38-12-10-22;1-2/h3-8,13-17,22,31,36,40H,9-12H2,1-2H3,(H3,32,33,34);2H,1H3. The molecule has 4 aromatic rings. The molecule has 12 heteroatoms. The van der Waals surface area contributed by atoms with Gasteiger partial charge >= 0.3 is 0 Å². The molecule has 42 heavy (non-hydrogen) atoms. The summed E-state index contributed by atoms with van der Waals surface area (Å²) in [5.74, 6) is 0.405. The van der Waals surface area contributed by atoms with Crippen LogP contribution >= 0.6 is 12.8 Å². The summed E-state index contributed by atoms with van der Waals surface area (Å²) in [6.07, 6.45) is 6.98. The minimum atomic E-state index is -0.374. The van der Waals surface area contributed by atoms with Gasteiger partial charge in [-0.25, -0.2) is 9.37 Å². The Morgan fingerprint density at radius 3 is 2.57 bits per heavy atom. The lowest BCUT2D eigenvalue weighted by Crippen LogP contribution is -2.19. The number of nitrogens with zero attached hydrogens (tertiary/aromatic N) is 3. The monoisotopic (exact) mass is 593 g/mol. The summed E-state index contributed by atoms with van der Waals surface area (Å²) in [5.41, 5.74) is 11.4. The Morgan fingerprint density at radius 1 is 1.19 bits per heavy atom. The van der Waals surface area contributed by atoms with Crippen LogP contribution < -0.4 is 20.5 Å². The van der Waals surface area contributed by atoms with E-state index in [4.69, 9.17) is 25.7 Å². The number of benzene rings is 2. The molecule has 5 rings (SSSR count). The van der Waals surface area contributed by atoms with Gasteiger partial charge < -0.3 is 30.4 Å². The number of nitrogens with one attached hydrogen (secondary N) is 3. The number of aliphatic hydroxyl groups excluding tert-OH is 1. The van der Waals surface area contributed by atoms with Gasteiger partial charge in [-0.2, -0.15) is 5.10 Å². The zero-order valence-electron chi connectivity index (χ0n) is 23.8. The number of nitrogen functional groups attached to an aromatic ring is 1. The van der Waals surface area contributed by atoms with Crippen molar-refractivity contribution in [2.24, 2.45) is 0 Å². The van der Waals surface area contributed by atoms with E-state index in [1.807, 2.05) is 24.0 Å². The summed E-state index contributed by atoms with van der Waals surface area (Å²) >= 11 is 4.21. The lowest BCUT2D eigenvalue weighted by Gasteiger charge is -2.22. The highest BCUT2D eigenvalue weighted by atomic mass is 32.1. The van der Waals surface area contributed by atoms with E-state index in [0.29, 0.717) is 28.3 Å². The number of aromatic nitrogens is 3. The van der Waals surface area contributed by atoms with Gasteiger partial charge in [0.05, 0.1) is 34.9 Å². The maximum Gasteiger partial charge on any atom is 0.144 e. The summed E-state index contributed by atoms with van der Waals surface area (Å²) < 4.78 is 29.9. The number of rotatable bonds is 9. The maximum atomic E-state index is 13.4. The minimum Gasteiger partial charge on any atom is -0.484 e. The Balaban J connectivity index is 0.00000198. The first-order valence-corrected chi connectivity index (χ1v) is 13.9. The van der Waals surface area contributed by atoms with Crippen molar-refractivity contribution < 1.29 is 19.0 Å². The average Bonchev–Trinajstić information content (AvgIpc) is 3.52. The normalized spacial score (nSPS) is 14.0. The molecule has 1 aliphatic rings. The fourth-order valence-electron chi connectivity index (χ4n) is 4.89. The highest BCUT2D eigenvalue weighted by molar-refractivity contribution is 7.81. The number of anilines is 3. The Labute approximate surface area is 250 Å². The molecule has 0 aliphatic carbocycles. The second-order valence-corrected chi connectivity index (χ2v) is 9.84. The van der Waals surface area contributed by atoms with Crippen molar-refractivity contribution in [3.05, 3.63) is 83.6 Å². The molecule has 2 aromatic heterocycles. The van der Waals surface area contributed by atoms with Crippen molar-refractivity contribution in [3.63, 3.8) is 0 Å². The first-order chi connectivity index (χ1) is 20.4. The minimum absolute atomic E-state index is 0.179. The van der Waals surface area contributed by atoms with Gasteiger partial charge in [-0.15, -0.1) is 0 Å². The van der Waals surface area contributed by atoms with E-state index in [1.165, 1.54) is 12.1 Å². The van der Waals surface area contributed by atoms with Gasteiger partial charge in [0.2, 0.25) is 0 Å². The number of thiol groups is 1. The van der Waals surface area contributed by atoms with Gasteiger partial charge in [-0.3, -0.25) is 10.1 Å². The van der Waals surface area contributed by atoms with Crippen molar-refractivity contribution in [2.45, 2.75) is 31.9 Å².